The van der Waals surface area contributed by atoms with E-state index in [2.05, 4.69) is 23.1 Å². The molecule has 0 N–H and O–H groups in total. The first-order valence-corrected chi connectivity index (χ1v) is 5.82. The van der Waals surface area contributed by atoms with Gasteiger partial charge in [0.2, 0.25) is 0 Å². The minimum absolute atomic E-state index is 1.14. The van der Waals surface area contributed by atoms with Crippen molar-refractivity contribution in [1.82, 2.24) is 0 Å². The summed E-state index contributed by atoms with van der Waals surface area (Å²) >= 11 is 0. The molecule has 1 aliphatic heterocycles. The van der Waals surface area contributed by atoms with Gasteiger partial charge in [-0.05, 0) is 37.0 Å². The smallest absolute Gasteiger partial charge is 0.0912 e. The molecule has 0 radical (unpaired) electrons. The predicted octanol–water partition coefficient (Wildman–Crippen LogP) is 3.21. The summed E-state index contributed by atoms with van der Waals surface area (Å²) in [4.78, 5) is 2.42. The van der Waals surface area contributed by atoms with Gasteiger partial charge in [0.1, 0.15) is 0 Å². The Morgan fingerprint density at radius 3 is 2.62 bits per heavy atom. The van der Waals surface area contributed by atoms with E-state index in [1.165, 1.54) is 24.9 Å². The van der Waals surface area contributed by atoms with Crippen LogP contribution in [0.15, 0.2) is 30.3 Å². The van der Waals surface area contributed by atoms with E-state index in [0.29, 0.717) is 0 Å². The Bertz CT molecular complexity index is 409. The molecule has 2 rings (SSSR count). The average molecular weight is 212 g/mol. The molecule has 2 heteroatoms. The monoisotopic (exact) mass is 212 g/mol. The van der Waals surface area contributed by atoms with Crippen LogP contribution < -0.4 is 4.90 Å². The lowest BCUT2D eigenvalue weighted by atomic mass is 10.1. The van der Waals surface area contributed by atoms with Crippen molar-refractivity contribution in [2.75, 3.05) is 18.0 Å². The van der Waals surface area contributed by atoms with Crippen molar-refractivity contribution >= 4 is 11.8 Å². The highest BCUT2D eigenvalue weighted by Crippen LogP contribution is 2.24. The fraction of sp³-hybridized carbons (Fsp3) is 0.357. The van der Waals surface area contributed by atoms with Gasteiger partial charge in [-0.2, -0.15) is 5.26 Å². The molecule has 0 unspecified atom stereocenters. The molecular formula is C14H16N2. The second kappa shape index (κ2) is 5.37. The minimum Gasteiger partial charge on any atom is -0.371 e. The maximum absolute atomic E-state index is 8.58. The van der Waals surface area contributed by atoms with Gasteiger partial charge in [-0.1, -0.05) is 18.2 Å². The van der Waals surface area contributed by atoms with Crippen LogP contribution in [0.1, 0.15) is 24.8 Å². The minimum atomic E-state index is 1.14. The van der Waals surface area contributed by atoms with Gasteiger partial charge in [0, 0.05) is 24.9 Å². The number of piperidine rings is 1. The molecule has 1 saturated heterocycles. The van der Waals surface area contributed by atoms with Gasteiger partial charge in [0.05, 0.1) is 6.07 Å². The van der Waals surface area contributed by atoms with Gasteiger partial charge >= 0.3 is 0 Å². The van der Waals surface area contributed by atoms with E-state index < -0.39 is 0 Å². The number of nitriles is 1. The number of para-hydroxylation sites is 1. The number of benzene rings is 1. The number of nitrogens with zero attached hydrogens (tertiary/aromatic N) is 2. The molecule has 82 valence electrons. The first-order valence-electron chi connectivity index (χ1n) is 5.82. The van der Waals surface area contributed by atoms with Crippen molar-refractivity contribution in [3.63, 3.8) is 0 Å². The van der Waals surface area contributed by atoms with Gasteiger partial charge < -0.3 is 4.90 Å². The largest absolute Gasteiger partial charge is 0.371 e. The van der Waals surface area contributed by atoms with Crippen molar-refractivity contribution < 1.29 is 0 Å². The number of rotatable bonds is 2. The average Bonchev–Trinajstić information content (AvgIpc) is 2.38. The normalized spacial score (nSPS) is 16.3. The van der Waals surface area contributed by atoms with Crippen LogP contribution in [0, 0.1) is 11.3 Å². The Morgan fingerprint density at radius 1 is 1.12 bits per heavy atom. The molecule has 0 aromatic heterocycles. The molecule has 0 spiro atoms. The van der Waals surface area contributed by atoms with Gasteiger partial charge in [0.25, 0.3) is 0 Å². The third-order valence-corrected chi connectivity index (χ3v) is 2.97. The predicted molar refractivity (Wildman–Crippen MR) is 67.2 cm³/mol. The highest BCUT2D eigenvalue weighted by Gasteiger charge is 2.12. The van der Waals surface area contributed by atoms with Crippen molar-refractivity contribution in [3.8, 4) is 6.07 Å². The van der Waals surface area contributed by atoms with Gasteiger partial charge in [-0.3, -0.25) is 0 Å². The van der Waals surface area contributed by atoms with E-state index in [1.54, 1.807) is 6.08 Å². The summed E-state index contributed by atoms with van der Waals surface area (Å²) in [6.45, 7) is 2.27. The van der Waals surface area contributed by atoms with Gasteiger partial charge in [-0.25, -0.2) is 0 Å². The molecule has 0 atom stereocenters. The standard InChI is InChI=1S/C14H16N2/c15-10-6-8-13-7-2-3-9-14(13)16-11-4-1-5-12-16/h2-3,6-9H,1,4-5,11-12H2. The summed E-state index contributed by atoms with van der Waals surface area (Å²) in [5.74, 6) is 0. The first-order chi connectivity index (χ1) is 7.92. The zero-order valence-electron chi connectivity index (χ0n) is 9.39. The quantitative estimate of drug-likeness (QED) is 0.704. The Balaban J connectivity index is 2.25. The molecule has 1 aromatic rings. The van der Waals surface area contributed by atoms with Crippen LogP contribution in [0.3, 0.4) is 0 Å². The molecular weight excluding hydrogens is 196 g/mol. The molecule has 1 heterocycles. The first kappa shape index (κ1) is 10.8. The summed E-state index contributed by atoms with van der Waals surface area (Å²) in [6, 6.07) is 10.3. The SMILES string of the molecule is N#CC=Cc1ccccc1N1CCCCC1. The van der Waals surface area contributed by atoms with E-state index >= 15 is 0 Å². The third kappa shape index (κ3) is 2.43. The van der Waals surface area contributed by atoms with Crippen molar-refractivity contribution in [1.29, 1.82) is 5.26 Å². The van der Waals surface area contributed by atoms with Crippen molar-refractivity contribution in [3.05, 3.63) is 35.9 Å². The zero-order valence-corrected chi connectivity index (χ0v) is 9.39. The molecule has 1 aromatic carbocycles. The second-order valence-electron chi connectivity index (χ2n) is 4.07. The zero-order chi connectivity index (χ0) is 11.2. The summed E-state index contributed by atoms with van der Waals surface area (Å²) < 4.78 is 0. The Morgan fingerprint density at radius 2 is 1.88 bits per heavy atom. The Kier molecular flexibility index (Phi) is 3.61. The summed E-state index contributed by atoms with van der Waals surface area (Å²) in [5.41, 5.74) is 2.40. The molecule has 16 heavy (non-hydrogen) atoms. The molecule has 0 saturated carbocycles. The summed E-state index contributed by atoms with van der Waals surface area (Å²) in [5, 5.41) is 8.58. The molecule has 0 aliphatic carbocycles. The van der Waals surface area contributed by atoms with E-state index in [-0.39, 0.29) is 0 Å². The van der Waals surface area contributed by atoms with Crippen LogP contribution >= 0.6 is 0 Å². The number of hydrogen-bond donors (Lipinski definition) is 0. The van der Waals surface area contributed by atoms with Gasteiger partial charge in [-0.15, -0.1) is 0 Å². The van der Waals surface area contributed by atoms with Crippen LogP contribution in [-0.4, -0.2) is 13.1 Å². The lowest BCUT2D eigenvalue weighted by molar-refractivity contribution is 0.577. The van der Waals surface area contributed by atoms with Crippen molar-refractivity contribution in [2.24, 2.45) is 0 Å². The molecule has 0 bridgehead atoms. The molecule has 2 nitrogen and oxygen atoms in total. The lowest BCUT2D eigenvalue weighted by Gasteiger charge is -2.30. The van der Waals surface area contributed by atoms with Crippen LogP contribution in [-0.2, 0) is 0 Å². The Hall–Kier alpha value is -1.75. The van der Waals surface area contributed by atoms with Crippen LogP contribution in [0.2, 0.25) is 0 Å². The second-order valence-corrected chi connectivity index (χ2v) is 4.07. The summed E-state index contributed by atoms with van der Waals surface area (Å²) in [7, 11) is 0. The van der Waals surface area contributed by atoms with E-state index in [0.717, 1.165) is 18.7 Å². The maximum Gasteiger partial charge on any atom is 0.0912 e. The van der Waals surface area contributed by atoms with E-state index in [9.17, 15) is 0 Å². The number of anilines is 1. The van der Waals surface area contributed by atoms with E-state index in [4.69, 9.17) is 5.26 Å². The highest BCUT2D eigenvalue weighted by atomic mass is 15.1. The highest BCUT2D eigenvalue weighted by molar-refractivity contribution is 5.68. The van der Waals surface area contributed by atoms with Crippen molar-refractivity contribution in [2.45, 2.75) is 19.3 Å². The molecule has 1 fully saturated rings. The number of hydrogen-bond acceptors (Lipinski definition) is 2. The fourth-order valence-electron chi connectivity index (χ4n) is 2.18. The van der Waals surface area contributed by atoms with Crippen LogP contribution in [0.5, 0.6) is 0 Å². The molecule has 0 amide bonds. The van der Waals surface area contributed by atoms with Gasteiger partial charge in [0.15, 0.2) is 0 Å². The van der Waals surface area contributed by atoms with E-state index in [1.807, 2.05) is 18.2 Å². The van der Waals surface area contributed by atoms with Crippen LogP contribution in [0.4, 0.5) is 5.69 Å². The lowest BCUT2D eigenvalue weighted by Crippen LogP contribution is -2.29. The molecule has 1 aliphatic rings. The summed E-state index contributed by atoms with van der Waals surface area (Å²) in [6.07, 6.45) is 7.33. The van der Waals surface area contributed by atoms with Crippen LogP contribution in [0.25, 0.3) is 6.08 Å². The topological polar surface area (TPSA) is 27.0 Å². The number of allylic oxidation sites excluding steroid dienone is 1. The fourth-order valence-corrected chi connectivity index (χ4v) is 2.18. The maximum atomic E-state index is 8.58. The Labute approximate surface area is 96.8 Å². The third-order valence-electron chi connectivity index (χ3n) is 2.97.